The molecule has 0 saturated heterocycles. The van der Waals surface area contributed by atoms with E-state index in [1.807, 2.05) is 6.92 Å². The van der Waals surface area contributed by atoms with Crippen LogP contribution < -0.4 is 0 Å². The number of aliphatic carboxylic acids is 1. The van der Waals surface area contributed by atoms with Gasteiger partial charge in [0.2, 0.25) is 0 Å². The van der Waals surface area contributed by atoms with Gasteiger partial charge in [-0.05, 0) is 25.5 Å². The van der Waals surface area contributed by atoms with Gasteiger partial charge in [0.05, 0.1) is 12.0 Å². The van der Waals surface area contributed by atoms with Crippen molar-refractivity contribution in [1.29, 1.82) is 0 Å². The third kappa shape index (κ3) is 5.91. The van der Waals surface area contributed by atoms with Gasteiger partial charge in [-0.15, -0.1) is 0 Å². The van der Waals surface area contributed by atoms with Crippen LogP contribution in [0, 0.1) is 5.82 Å². The molecule has 0 heterocycles. The van der Waals surface area contributed by atoms with Crippen molar-refractivity contribution < 1.29 is 23.8 Å². The second-order valence-corrected chi connectivity index (χ2v) is 4.47. The maximum absolute atomic E-state index is 13.7. The van der Waals surface area contributed by atoms with Crippen LogP contribution in [0.15, 0.2) is 24.3 Å². The predicted octanol–water partition coefficient (Wildman–Crippen LogP) is 2.17. The Hall–Kier alpha value is -1.95. The number of benzene rings is 1. The lowest BCUT2D eigenvalue weighted by molar-refractivity contribution is -0.137. The molecule has 1 aromatic rings. The average molecular weight is 297 g/mol. The number of nitrogens with zero attached hydrogens (tertiary/aromatic N) is 1. The second kappa shape index (κ2) is 9.07. The van der Waals surface area contributed by atoms with Crippen LogP contribution in [-0.4, -0.2) is 48.2 Å². The van der Waals surface area contributed by atoms with Gasteiger partial charge in [0, 0.05) is 26.3 Å². The van der Waals surface area contributed by atoms with Crippen LogP contribution in [0.25, 0.3) is 0 Å². The molecule has 0 saturated carbocycles. The zero-order valence-electron chi connectivity index (χ0n) is 12.0. The second-order valence-electron chi connectivity index (χ2n) is 4.47. The van der Waals surface area contributed by atoms with E-state index in [1.165, 1.54) is 23.1 Å². The summed E-state index contributed by atoms with van der Waals surface area (Å²) in [5.41, 5.74) is -0.0423. The quantitative estimate of drug-likeness (QED) is 0.709. The van der Waals surface area contributed by atoms with E-state index in [1.54, 1.807) is 6.07 Å². The molecule has 5 nitrogen and oxygen atoms in total. The normalized spacial score (nSPS) is 10.4. The van der Waals surface area contributed by atoms with Crippen LogP contribution in [0.3, 0.4) is 0 Å². The molecule has 0 atom stereocenters. The van der Waals surface area contributed by atoms with Gasteiger partial charge in [-0.2, -0.15) is 0 Å². The first-order valence-corrected chi connectivity index (χ1v) is 6.89. The van der Waals surface area contributed by atoms with Crippen molar-refractivity contribution in [2.45, 2.75) is 19.8 Å². The molecule has 0 unspecified atom stereocenters. The fourth-order valence-electron chi connectivity index (χ4n) is 1.85. The van der Waals surface area contributed by atoms with Gasteiger partial charge in [0.25, 0.3) is 5.91 Å². The van der Waals surface area contributed by atoms with E-state index in [2.05, 4.69) is 0 Å². The van der Waals surface area contributed by atoms with Gasteiger partial charge in [0.15, 0.2) is 0 Å². The van der Waals surface area contributed by atoms with Crippen molar-refractivity contribution >= 4 is 11.9 Å². The Morgan fingerprint density at radius 1 is 1.29 bits per heavy atom. The minimum Gasteiger partial charge on any atom is -0.481 e. The van der Waals surface area contributed by atoms with Crippen LogP contribution in [0.2, 0.25) is 0 Å². The number of rotatable bonds is 9. The lowest BCUT2D eigenvalue weighted by atomic mass is 10.1. The van der Waals surface area contributed by atoms with Crippen molar-refractivity contribution in [2.24, 2.45) is 0 Å². The molecule has 1 amide bonds. The van der Waals surface area contributed by atoms with Gasteiger partial charge in [0.1, 0.15) is 5.82 Å². The first-order valence-electron chi connectivity index (χ1n) is 6.89. The van der Waals surface area contributed by atoms with Gasteiger partial charge < -0.3 is 14.7 Å². The van der Waals surface area contributed by atoms with E-state index in [9.17, 15) is 14.0 Å². The summed E-state index contributed by atoms with van der Waals surface area (Å²) in [5, 5.41) is 8.74. The first kappa shape index (κ1) is 17.1. The van der Waals surface area contributed by atoms with Crippen molar-refractivity contribution in [3.63, 3.8) is 0 Å². The Bertz CT molecular complexity index is 478. The highest BCUT2D eigenvalue weighted by Gasteiger charge is 2.19. The predicted molar refractivity (Wildman–Crippen MR) is 75.7 cm³/mol. The Morgan fingerprint density at radius 2 is 2.00 bits per heavy atom. The minimum atomic E-state index is -0.994. The molecule has 0 aliphatic heterocycles. The highest BCUT2D eigenvalue weighted by molar-refractivity contribution is 5.94. The van der Waals surface area contributed by atoms with Gasteiger partial charge in [-0.25, -0.2) is 4.39 Å². The number of carbonyl (C=O) groups is 2. The molecular weight excluding hydrogens is 277 g/mol. The number of halogens is 1. The summed E-state index contributed by atoms with van der Waals surface area (Å²) in [6, 6.07) is 5.69. The number of amides is 1. The summed E-state index contributed by atoms with van der Waals surface area (Å²) in [6.45, 7) is 3.31. The summed E-state index contributed by atoms with van der Waals surface area (Å²) in [4.78, 5) is 24.3. The van der Waals surface area contributed by atoms with Gasteiger partial charge in [-0.1, -0.05) is 12.1 Å². The fourth-order valence-corrected chi connectivity index (χ4v) is 1.85. The van der Waals surface area contributed by atoms with Crippen LogP contribution in [0.4, 0.5) is 4.39 Å². The molecule has 0 aliphatic carbocycles. The summed E-state index contributed by atoms with van der Waals surface area (Å²) in [5.74, 6) is -2.09. The van der Waals surface area contributed by atoms with Gasteiger partial charge in [-0.3, -0.25) is 9.59 Å². The molecule has 0 fully saturated rings. The van der Waals surface area contributed by atoms with E-state index < -0.39 is 17.7 Å². The molecule has 21 heavy (non-hydrogen) atoms. The van der Waals surface area contributed by atoms with E-state index in [0.717, 1.165) is 0 Å². The molecule has 1 rings (SSSR count). The minimum absolute atomic E-state index is 0.0423. The van der Waals surface area contributed by atoms with E-state index in [0.29, 0.717) is 26.2 Å². The molecule has 0 aromatic heterocycles. The third-order valence-corrected chi connectivity index (χ3v) is 2.91. The molecule has 116 valence electrons. The van der Waals surface area contributed by atoms with Crippen LogP contribution in [0.5, 0.6) is 0 Å². The summed E-state index contributed by atoms with van der Waals surface area (Å²) in [7, 11) is 0. The van der Waals surface area contributed by atoms with Crippen molar-refractivity contribution in [1.82, 2.24) is 4.90 Å². The summed E-state index contributed by atoms with van der Waals surface area (Å²) < 4.78 is 18.8. The Labute approximate surface area is 123 Å². The lowest BCUT2D eigenvalue weighted by Gasteiger charge is -2.22. The summed E-state index contributed by atoms with van der Waals surface area (Å²) in [6.07, 6.45) is 0.405. The number of hydrogen-bond donors (Lipinski definition) is 1. The monoisotopic (exact) mass is 297 g/mol. The topological polar surface area (TPSA) is 66.8 Å². The average Bonchev–Trinajstić information content (AvgIpc) is 2.46. The van der Waals surface area contributed by atoms with Gasteiger partial charge >= 0.3 is 5.97 Å². The molecule has 1 N–H and O–H groups in total. The number of hydrogen-bond acceptors (Lipinski definition) is 3. The maximum atomic E-state index is 13.7. The number of carboxylic acids is 1. The number of carboxylic acid groups (broad SMARTS) is 1. The van der Waals surface area contributed by atoms with E-state index in [4.69, 9.17) is 9.84 Å². The first-order chi connectivity index (χ1) is 10.1. The zero-order chi connectivity index (χ0) is 15.7. The zero-order valence-corrected chi connectivity index (χ0v) is 12.0. The molecule has 0 aliphatic rings. The number of ether oxygens (including phenoxy) is 1. The van der Waals surface area contributed by atoms with Crippen molar-refractivity contribution in [3.8, 4) is 0 Å². The Balaban J connectivity index is 2.71. The third-order valence-electron chi connectivity index (χ3n) is 2.91. The van der Waals surface area contributed by atoms with E-state index in [-0.39, 0.29) is 18.5 Å². The van der Waals surface area contributed by atoms with Crippen molar-refractivity contribution in [2.75, 3.05) is 26.3 Å². The van der Waals surface area contributed by atoms with Crippen LogP contribution >= 0.6 is 0 Å². The molecule has 0 bridgehead atoms. The van der Waals surface area contributed by atoms with E-state index >= 15 is 0 Å². The largest absolute Gasteiger partial charge is 0.481 e. The summed E-state index contributed by atoms with van der Waals surface area (Å²) >= 11 is 0. The molecule has 0 spiro atoms. The van der Waals surface area contributed by atoms with Crippen molar-refractivity contribution in [3.05, 3.63) is 35.6 Å². The maximum Gasteiger partial charge on any atom is 0.305 e. The highest BCUT2D eigenvalue weighted by Crippen LogP contribution is 2.11. The lowest BCUT2D eigenvalue weighted by Crippen LogP contribution is -2.35. The molecule has 6 heteroatoms. The highest BCUT2D eigenvalue weighted by atomic mass is 19.1. The smallest absolute Gasteiger partial charge is 0.305 e. The number of carbonyl (C=O) groups excluding carboxylic acids is 1. The SMILES string of the molecule is CCOCCCN(CCC(=O)O)C(=O)c1ccccc1F. The Morgan fingerprint density at radius 3 is 2.62 bits per heavy atom. The Kier molecular flexibility index (Phi) is 7.39. The van der Waals surface area contributed by atoms with Crippen LogP contribution in [0.1, 0.15) is 30.1 Å². The molecular formula is C15H20FNO4. The molecule has 0 radical (unpaired) electrons. The molecule has 1 aromatic carbocycles. The van der Waals surface area contributed by atoms with Crippen LogP contribution in [-0.2, 0) is 9.53 Å². The fraction of sp³-hybridized carbons (Fsp3) is 0.467. The standard InChI is InChI=1S/C15H20FNO4/c1-2-21-11-5-9-17(10-8-14(18)19)15(20)12-6-3-4-7-13(12)16/h3-4,6-7H,2,5,8-11H2,1H3,(H,18,19).